The minimum Gasteiger partial charge on any atom is -0.459 e. The molecule has 2 aromatic rings. The molecule has 0 saturated carbocycles. The first-order chi connectivity index (χ1) is 10.8. The van der Waals surface area contributed by atoms with Crippen LogP contribution in [0.25, 0.3) is 0 Å². The van der Waals surface area contributed by atoms with Crippen LogP contribution in [0, 0.1) is 5.41 Å². The topological polar surface area (TPSA) is 62.5 Å². The number of carbonyl (C=O) groups excluding carboxylic acids is 1. The monoisotopic (exact) mass is 318 g/mol. The molecule has 6 nitrogen and oxygen atoms in total. The third-order valence-electron chi connectivity index (χ3n) is 4.74. The van der Waals surface area contributed by atoms with Gasteiger partial charge in [-0.05, 0) is 31.4 Å². The lowest BCUT2D eigenvalue weighted by atomic mass is 9.79. The maximum absolute atomic E-state index is 12.5. The lowest BCUT2D eigenvalue weighted by Crippen LogP contribution is -2.47. The van der Waals surface area contributed by atoms with Crippen molar-refractivity contribution < 1.29 is 9.21 Å². The van der Waals surface area contributed by atoms with Crippen LogP contribution in [-0.4, -0.2) is 47.2 Å². The molecule has 0 N–H and O–H groups in total. The van der Waals surface area contributed by atoms with Crippen molar-refractivity contribution >= 4 is 22.4 Å². The number of piperidine rings is 1. The third kappa shape index (κ3) is 2.39. The van der Waals surface area contributed by atoms with Crippen LogP contribution in [0.5, 0.6) is 0 Å². The summed E-state index contributed by atoms with van der Waals surface area (Å²) in [5.74, 6) is 0.453. The van der Waals surface area contributed by atoms with E-state index in [4.69, 9.17) is 4.42 Å². The number of hydrogen-bond acceptors (Lipinski definition) is 6. The van der Waals surface area contributed by atoms with E-state index in [1.807, 2.05) is 4.90 Å². The highest BCUT2D eigenvalue weighted by molar-refractivity contribution is 7.13. The number of rotatable bonds is 2. The van der Waals surface area contributed by atoms with Crippen molar-refractivity contribution in [1.29, 1.82) is 0 Å². The van der Waals surface area contributed by atoms with E-state index in [9.17, 15) is 4.79 Å². The Balaban J connectivity index is 1.48. The summed E-state index contributed by atoms with van der Waals surface area (Å²) in [5.41, 5.74) is 1.96. The number of amides is 1. The molecular formula is C15H18N4O2S. The van der Waals surface area contributed by atoms with Gasteiger partial charge < -0.3 is 14.2 Å². The Bertz CT molecular complexity index is 643. The van der Waals surface area contributed by atoms with Gasteiger partial charge in [0, 0.05) is 31.6 Å². The highest BCUT2D eigenvalue weighted by Gasteiger charge is 2.43. The Morgan fingerprint density at radius 1 is 1.32 bits per heavy atom. The van der Waals surface area contributed by atoms with Crippen LogP contribution in [0.3, 0.4) is 0 Å². The van der Waals surface area contributed by atoms with Gasteiger partial charge in [-0.25, -0.2) is 0 Å². The van der Waals surface area contributed by atoms with Gasteiger partial charge >= 0.3 is 0 Å². The zero-order chi connectivity index (χ0) is 15.0. The van der Waals surface area contributed by atoms with Crippen LogP contribution in [0.2, 0.25) is 0 Å². The first kappa shape index (κ1) is 13.8. The molecule has 0 radical (unpaired) electrons. The standard InChI is InChI=1S/C15H18N4O2S/c20-13(12-3-1-8-21-12)18-6-2-4-15(9-18)5-7-19(10-15)14-17-16-11-22-14/h1,3,8,11H,2,4-7,9-10H2/t15-/m0/s1. The molecule has 0 aliphatic carbocycles. The lowest BCUT2D eigenvalue weighted by molar-refractivity contribution is 0.0526. The molecule has 2 aliphatic rings. The Hall–Kier alpha value is -1.89. The fraction of sp³-hybridized carbons (Fsp3) is 0.533. The first-order valence-corrected chi connectivity index (χ1v) is 8.48. The van der Waals surface area contributed by atoms with Crippen LogP contribution in [0.15, 0.2) is 28.3 Å². The van der Waals surface area contributed by atoms with E-state index in [2.05, 4.69) is 15.1 Å². The molecule has 7 heteroatoms. The zero-order valence-corrected chi connectivity index (χ0v) is 13.1. The molecule has 1 spiro atoms. The molecule has 116 valence electrons. The van der Waals surface area contributed by atoms with Gasteiger partial charge in [-0.1, -0.05) is 11.3 Å². The van der Waals surface area contributed by atoms with Crippen LogP contribution < -0.4 is 4.90 Å². The number of anilines is 1. The van der Waals surface area contributed by atoms with E-state index in [0.717, 1.165) is 44.2 Å². The highest BCUT2D eigenvalue weighted by atomic mass is 32.1. The summed E-state index contributed by atoms with van der Waals surface area (Å²) in [7, 11) is 0. The van der Waals surface area contributed by atoms with Gasteiger partial charge in [0.2, 0.25) is 5.13 Å². The van der Waals surface area contributed by atoms with Crippen LogP contribution in [-0.2, 0) is 0 Å². The van der Waals surface area contributed by atoms with Crippen molar-refractivity contribution in [3.05, 3.63) is 29.7 Å². The lowest BCUT2D eigenvalue weighted by Gasteiger charge is -2.40. The van der Waals surface area contributed by atoms with Gasteiger partial charge in [-0.2, -0.15) is 0 Å². The summed E-state index contributed by atoms with van der Waals surface area (Å²) < 4.78 is 5.26. The molecule has 1 atom stereocenters. The summed E-state index contributed by atoms with van der Waals surface area (Å²) >= 11 is 1.58. The Labute approximate surface area is 132 Å². The minimum atomic E-state index is 0.0124. The number of hydrogen-bond donors (Lipinski definition) is 0. The summed E-state index contributed by atoms with van der Waals surface area (Å²) in [6.07, 6.45) is 4.88. The average molecular weight is 318 g/mol. The smallest absolute Gasteiger partial charge is 0.289 e. The fourth-order valence-corrected chi connectivity index (χ4v) is 4.26. The molecule has 0 bridgehead atoms. The van der Waals surface area contributed by atoms with Gasteiger partial charge in [-0.15, -0.1) is 10.2 Å². The summed E-state index contributed by atoms with van der Waals surface area (Å²) in [6.45, 7) is 3.59. The maximum Gasteiger partial charge on any atom is 0.289 e. The second kappa shape index (κ2) is 5.39. The van der Waals surface area contributed by atoms with Crippen LogP contribution >= 0.6 is 11.3 Å². The molecular weight excluding hydrogens is 300 g/mol. The molecule has 2 saturated heterocycles. The van der Waals surface area contributed by atoms with Crippen LogP contribution in [0.4, 0.5) is 5.13 Å². The quantitative estimate of drug-likeness (QED) is 0.850. The SMILES string of the molecule is O=C(c1ccco1)N1CCC[C@]2(CCN(c3nncs3)C2)C1. The van der Waals surface area contributed by atoms with Crippen molar-refractivity contribution in [3.63, 3.8) is 0 Å². The second-order valence-corrected chi connectivity index (χ2v) is 7.01. The molecule has 1 amide bonds. The predicted molar refractivity (Wildman–Crippen MR) is 83.0 cm³/mol. The molecule has 2 aliphatic heterocycles. The van der Waals surface area contributed by atoms with Crippen molar-refractivity contribution in [2.45, 2.75) is 19.3 Å². The Morgan fingerprint density at radius 2 is 2.27 bits per heavy atom. The Kier molecular flexibility index (Phi) is 3.37. The molecule has 2 aromatic heterocycles. The van der Waals surface area contributed by atoms with Gasteiger partial charge in [0.15, 0.2) is 5.76 Å². The molecule has 22 heavy (non-hydrogen) atoms. The first-order valence-electron chi connectivity index (χ1n) is 7.60. The number of furan rings is 1. The molecule has 2 fully saturated rings. The van der Waals surface area contributed by atoms with Crippen molar-refractivity contribution in [2.24, 2.45) is 5.41 Å². The van der Waals surface area contributed by atoms with Gasteiger partial charge in [0.1, 0.15) is 5.51 Å². The van der Waals surface area contributed by atoms with Gasteiger partial charge in [0.25, 0.3) is 5.91 Å². The largest absolute Gasteiger partial charge is 0.459 e. The van der Waals surface area contributed by atoms with Gasteiger partial charge in [0.05, 0.1) is 6.26 Å². The molecule has 4 rings (SSSR count). The zero-order valence-electron chi connectivity index (χ0n) is 12.3. The van der Waals surface area contributed by atoms with Crippen molar-refractivity contribution in [2.75, 3.05) is 31.1 Å². The van der Waals surface area contributed by atoms with Crippen LogP contribution in [0.1, 0.15) is 29.8 Å². The van der Waals surface area contributed by atoms with E-state index in [1.165, 1.54) is 6.42 Å². The number of likely N-dealkylation sites (tertiary alicyclic amines) is 1. The van der Waals surface area contributed by atoms with Crippen molar-refractivity contribution in [3.8, 4) is 0 Å². The summed E-state index contributed by atoms with van der Waals surface area (Å²) in [6, 6.07) is 3.51. The molecule has 0 unspecified atom stereocenters. The second-order valence-electron chi connectivity index (χ2n) is 6.20. The van der Waals surface area contributed by atoms with E-state index >= 15 is 0 Å². The van der Waals surface area contributed by atoms with E-state index in [1.54, 1.807) is 35.2 Å². The molecule has 0 aromatic carbocycles. The molecule has 4 heterocycles. The number of aromatic nitrogens is 2. The fourth-order valence-electron chi connectivity index (χ4n) is 3.67. The minimum absolute atomic E-state index is 0.0124. The van der Waals surface area contributed by atoms with Crippen molar-refractivity contribution in [1.82, 2.24) is 15.1 Å². The van der Waals surface area contributed by atoms with E-state index < -0.39 is 0 Å². The van der Waals surface area contributed by atoms with E-state index in [-0.39, 0.29) is 11.3 Å². The van der Waals surface area contributed by atoms with Gasteiger partial charge in [-0.3, -0.25) is 4.79 Å². The maximum atomic E-state index is 12.5. The number of carbonyl (C=O) groups is 1. The normalized spacial score (nSPS) is 25.1. The predicted octanol–water partition coefficient (Wildman–Crippen LogP) is 2.26. The summed E-state index contributed by atoms with van der Waals surface area (Å²) in [5, 5.41) is 9.09. The number of nitrogens with zero attached hydrogens (tertiary/aromatic N) is 4. The van der Waals surface area contributed by atoms with E-state index in [0.29, 0.717) is 5.76 Å². The summed E-state index contributed by atoms with van der Waals surface area (Å²) in [4.78, 5) is 16.8. The highest BCUT2D eigenvalue weighted by Crippen LogP contribution is 2.41. The average Bonchev–Trinajstić information content (AvgIpc) is 3.28. The Morgan fingerprint density at radius 3 is 3.05 bits per heavy atom. The third-order valence-corrected chi connectivity index (χ3v) is 5.49.